The van der Waals surface area contributed by atoms with Gasteiger partial charge in [-0.3, -0.25) is 9.78 Å². The van der Waals surface area contributed by atoms with Crippen LogP contribution in [0.4, 0.5) is 17.6 Å². The molecule has 2 N–H and O–H groups in total. The Bertz CT molecular complexity index is 1580. The maximum Gasteiger partial charge on any atom is 0.573 e. The van der Waals surface area contributed by atoms with Crippen molar-refractivity contribution in [2.24, 2.45) is 7.05 Å². The number of carboxylic acids is 1. The van der Waals surface area contributed by atoms with Gasteiger partial charge in [-0.2, -0.15) is 0 Å². The molecule has 0 bridgehead atoms. The van der Waals surface area contributed by atoms with E-state index in [4.69, 9.17) is 4.74 Å². The minimum Gasteiger partial charge on any atom is -0.491 e. The number of carboxylic acid groups (broad SMARTS) is 1. The van der Waals surface area contributed by atoms with Crippen LogP contribution >= 0.6 is 0 Å². The molecule has 38 heavy (non-hydrogen) atoms. The molecule has 0 aliphatic carbocycles. The second-order valence-electron chi connectivity index (χ2n) is 8.67. The fraction of sp³-hybridized carbons (Fsp3) is 0.192. The zero-order chi connectivity index (χ0) is 27.2. The lowest BCUT2D eigenvalue weighted by Crippen LogP contribution is -2.50. The summed E-state index contributed by atoms with van der Waals surface area (Å²) < 4.78 is 63.7. The highest BCUT2D eigenvalue weighted by molar-refractivity contribution is 6.01. The molecule has 0 spiro atoms. The Morgan fingerprint density at radius 1 is 1.16 bits per heavy atom. The lowest BCUT2D eigenvalue weighted by Gasteiger charge is -2.39. The highest BCUT2D eigenvalue weighted by Gasteiger charge is 2.43. The van der Waals surface area contributed by atoms with E-state index in [9.17, 15) is 32.3 Å². The van der Waals surface area contributed by atoms with Crippen LogP contribution in [0.5, 0.6) is 11.5 Å². The quantitative estimate of drug-likeness (QED) is 0.362. The van der Waals surface area contributed by atoms with Gasteiger partial charge in [0.25, 0.3) is 5.91 Å². The van der Waals surface area contributed by atoms with Crippen molar-refractivity contribution in [2.45, 2.75) is 18.3 Å². The van der Waals surface area contributed by atoms with Gasteiger partial charge in [-0.15, -0.1) is 13.2 Å². The van der Waals surface area contributed by atoms with Crippen LogP contribution in [0.1, 0.15) is 38.5 Å². The molecular weight excluding hydrogens is 510 g/mol. The summed E-state index contributed by atoms with van der Waals surface area (Å²) in [6.45, 7) is 0.0974. The highest BCUT2D eigenvalue weighted by atomic mass is 19.4. The number of amides is 1. The third-order valence-corrected chi connectivity index (χ3v) is 6.41. The second-order valence-corrected chi connectivity index (χ2v) is 8.67. The molecule has 2 aromatic heterocycles. The topological polar surface area (TPSA) is 103 Å². The predicted octanol–water partition coefficient (Wildman–Crippen LogP) is 4.77. The molecule has 4 aromatic rings. The number of nitrogens with one attached hydrogen (secondary N) is 1. The van der Waals surface area contributed by atoms with Crippen molar-refractivity contribution >= 4 is 22.8 Å². The summed E-state index contributed by atoms with van der Waals surface area (Å²) in [5.74, 6) is -3.69. The van der Waals surface area contributed by atoms with Crippen molar-refractivity contribution in [2.75, 3.05) is 6.61 Å². The van der Waals surface area contributed by atoms with Crippen molar-refractivity contribution in [1.29, 1.82) is 0 Å². The fourth-order valence-electron chi connectivity index (χ4n) is 4.65. The summed E-state index contributed by atoms with van der Waals surface area (Å²) in [4.78, 5) is 29.4. The van der Waals surface area contributed by atoms with Crippen LogP contribution in [0.3, 0.4) is 0 Å². The average Bonchev–Trinajstić information content (AvgIpc) is 3.20. The van der Waals surface area contributed by atoms with E-state index in [0.717, 1.165) is 12.1 Å². The van der Waals surface area contributed by atoms with E-state index in [0.29, 0.717) is 16.7 Å². The zero-order valence-electron chi connectivity index (χ0n) is 19.7. The number of aromatic nitrogens is 2. The Balaban J connectivity index is 1.59. The number of ether oxygens (including phenoxy) is 2. The van der Waals surface area contributed by atoms with Crippen molar-refractivity contribution in [1.82, 2.24) is 14.9 Å². The lowest BCUT2D eigenvalue weighted by molar-refractivity contribution is -0.275. The van der Waals surface area contributed by atoms with Crippen LogP contribution in [-0.4, -0.2) is 39.5 Å². The molecule has 1 aliphatic rings. The number of nitrogens with zero attached hydrogens (tertiary/aromatic N) is 2. The van der Waals surface area contributed by atoms with Gasteiger partial charge in [-0.05, 0) is 48.0 Å². The molecule has 2 aromatic carbocycles. The first-order valence-corrected chi connectivity index (χ1v) is 11.3. The van der Waals surface area contributed by atoms with Gasteiger partial charge in [0.1, 0.15) is 22.7 Å². The molecule has 5 rings (SSSR count). The number of aryl methyl sites for hydroxylation is 1. The first-order chi connectivity index (χ1) is 18.0. The molecule has 8 nitrogen and oxygen atoms in total. The van der Waals surface area contributed by atoms with Crippen LogP contribution in [-0.2, 0) is 12.6 Å². The molecule has 0 fully saturated rings. The first-order valence-electron chi connectivity index (χ1n) is 11.3. The Morgan fingerprint density at radius 2 is 1.95 bits per heavy atom. The number of fused-ring (bicyclic) bond motifs is 2. The fourth-order valence-corrected chi connectivity index (χ4v) is 4.65. The normalized spacial score (nSPS) is 17.0. The molecule has 1 unspecified atom stereocenters. The number of aromatic carboxylic acids is 1. The third kappa shape index (κ3) is 4.38. The van der Waals surface area contributed by atoms with E-state index >= 15 is 0 Å². The zero-order valence-corrected chi connectivity index (χ0v) is 19.7. The maximum absolute atomic E-state index is 14.8. The Kier molecular flexibility index (Phi) is 5.97. The third-order valence-electron chi connectivity index (χ3n) is 6.41. The summed E-state index contributed by atoms with van der Waals surface area (Å²) in [6.07, 6.45) is -3.54. The standard InChI is InChI=1S/C26H19F4N3O5/c1-33-18-12-15(5-4-14(18)11-19(33)24(35)36)23(34)32-25(8-10-37-21-3-2-9-31-22(21)25)16-6-7-20(17(27)13-16)38-26(28,29)30/h2-7,9,11-13H,8,10H2,1H3,(H,32,34)(H,35,36). The number of hydrogen-bond acceptors (Lipinski definition) is 5. The van der Waals surface area contributed by atoms with E-state index in [1.54, 1.807) is 25.2 Å². The maximum atomic E-state index is 14.8. The Morgan fingerprint density at radius 3 is 2.66 bits per heavy atom. The van der Waals surface area contributed by atoms with Crippen molar-refractivity contribution in [3.8, 4) is 11.5 Å². The molecule has 0 radical (unpaired) electrons. The van der Waals surface area contributed by atoms with Gasteiger partial charge in [0.05, 0.1) is 6.61 Å². The van der Waals surface area contributed by atoms with Crippen LogP contribution in [0.2, 0.25) is 0 Å². The monoisotopic (exact) mass is 529 g/mol. The summed E-state index contributed by atoms with van der Waals surface area (Å²) >= 11 is 0. The van der Waals surface area contributed by atoms with Crippen molar-refractivity contribution < 1.29 is 41.7 Å². The Hall–Kier alpha value is -4.61. The number of benzene rings is 2. The van der Waals surface area contributed by atoms with E-state index in [1.165, 1.54) is 35.0 Å². The SMILES string of the molecule is Cn1c(C(=O)O)cc2ccc(C(=O)NC3(c4ccc(OC(F)(F)F)c(F)c4)CCOc4cccnc43)cc21. The molecule has 0 saturated heterocycles. The largest absolute Gasteiger partial charge is 0.573 e. The van der Waals surface area contributed by atoms with Gasteiger partial charge >= 0.3 is 12.3 Å². The van der Waals surface area contributed by atoms with E-state index in [1.807, 2.05) is 0 Å². The highest BCUT2D eigenvalue weighted by Crippen LogP contribution is 2.42. The molecule has 1 atom stereocenters. The summed E-state index contributed by atoms with van der Waals surface area (Å²) in [5, 5.41) is 12.9. The van der Waals surface area contributed by atoms with Gasteiger partial charge in [0.2, 0.25) is 0 Å². The Labute approximate surface area is 212 Å². The van der Waals surface area contributed by atoms with E-state index in [-0.39, 0.29) is 35.5 Å². The molecule has 1 amide bonds. The lowest BCUT2D eigenvalue weighted by atomic mass is 9.81. The molecule has 0 saturated carbocycles. The minimum atomic E-state index is -5.09. The molecule has 12 heteroatoms. The number of hydrogen-bond donors (Lipinski definition) is 2. The van der Waals surface area contributed by atoms with Gasteiger partial charge in [-0.25, -0.2) is 9.18 Å². The van der Waals surface area contributed by atoms with Gasteiger partial charge in [0.15, 0.2) is 11.6 Å². The number of carbonyl (C=O) groups is 2. The minimum absolute atomic E-state index is 0.0354. The van der Waals surface area contributed by atoms with Crippen LogP contribution in [0.25, 0.3) is 10.9 Å². The summed E-state index contributed by atoms with van der Waals surface area (Å²) in [6, 6.07) is 12.3. The van der Waals surface area contributed by atoms with E-state index in [2.05, 4.69) is 15.0 Å². The second kappa shape index (κ2) is 9.05. The van der Waals surface area contributed by atoms with Crippen LogP contribution in [0, 0.1) is 5.82 Å². The molecule has 1 aliphatic heterocycles. The van der Waals surface area contributed by atoms with Crippen molar-refractivity contribution in [3.63, 3.8) is 0 Å². The first kappa shape index (κ1) is 25.1. The smallest absolute Gasteiger partial charge is 0.491 e. The number of rotatable bonds is 5. The van der Waals surface area contributed by atoms with Gasteiger partial charge in [-0.1, -0.05) is 12.1 Å². The van der Waals surface area contributed by atoms with Gasteiger partial charge in [0, 0.05) is 36.1 Å². The molecule has 196 valence electrons. The molecular formula is C26H19F4N3O5. The van der Waals surface area contributed by atoms with Crippen LogP contribution < -0.4 is 14.8 Å². The number of halogens is 4. The van der Waals surface area contributed by atoms with Crippen LogP contribution in [0.15, 0.2) is 60.8 Å². The molecule has 3 heterocycles. The average molecular weight is 529 g/mol. The number of carbonyl (C=O) groups excluding carboxylic acids is 1. The van der Waals surface area contributed by atoms with Crippen molar-refractivity contribution in [3.05, 3.63) is 89.1 Å². The van der Waals surface area contributed by atoms with E-state index < -0.39 is 35.3 Å². The summed E-state index contributed by atoms with van der Waals surface area (Å²) in [5.41, 5.74) is -0.372. The number of pyridine rings is 1. The summed E-state index contributed by atoms with van der Waals surface area (Å²) in [7, 11) is 1.56. The predicted molar refractivity (Wildman–Crippen MR) is 126 cm³/mol. The number of alkyl halides is 3. The van der Waals surface area contributed by atoms with Gasteiger partial charge < -0.3 is 24.5 Å².